The maximum Gasteiger partial charge on any atom is -0.0321 e. The summed E-state index contributed by atoms with van der Waals surface area (Å²) in [4.78, 5) is 0. The maximum absolute atomic E-state index is 1.69. The molecule has 0 amide bonds. The highest BCUT2D eigenvalue weighted by Gasteiger charge is 2.59. The third-order valence-electron chi connectivity index (χ3n) is 10.5. The molecule has 6 saturated carbocycles. The molecule has 134 valence electrons. The number of fused-ring (bicyclic) bond motifs is 6. The van der Waals surface area contributed by atoms with Crippen molar-refractivity contribution in [1.82, 2.24) is 0 Å². The van der Waals surface area contributed by atoms with E-state index in [1.807, 2.05) is 0 Å². The van der Waals surface area contributed by atoms with E-state index in [1.54, 1.807) is 89.9 Å². The minimum atomic E-state index is 1.15. The van der Waals surface area contributed by atoms with Crippen LogP contribution in [0.1, 0.15) is 89.9 Å². The maximum atomic E-state index is 1.69. The van der Waals surface area contributed by atoms with Crippen LogP contribution in [0.5, 0.6) is 0 Å². The molecule has 6 fully saturated rings. The van der Waals surface area contributed by atoms with Gasteiger partial charge in [-0.25, -0.2) is 0 Å². The monoisotopic (exact) mass is 326 g/mol. The lowest BCUT2D eigenvalue weighted by Gasteiger charge is -2.55. The predicted octanol–water partition coefficient (Wildman–Crippen LogP) is 6.69. The Hall–Kier alpha value is 0. The highest BCUT2D eigenvalue weighted by atomic mass is 14.6. The summed E-state index contributed by atoms with van der Waals surface area (Å²) < 4.78 is 0. The summed E-state index contributed by atoms with van der Waals surface area (Å²) in [5.74, 6) is 11.8. The molecule has 6 rings (SSSR count). The van der Waals surface area contributed by atoms with Gasteiger partial charge in [-0.1, -0.05) is 44.9 Å². The Morgan fingerprint density at radius 2 is 0.875 bits per heavy atom. The summed E-state index contributed by atoms with van der Waals surface area (Å²) in [6.07, 6.45) is 22.6. The molecule has 0 aromatic carbocycles. The molecule has 10 unspecified atom stereocenters. The summed E-state index contributed by atoms with van der Waals surface area (Å²) in [6, 6.07) is 0. The molecule has 0 bridgehead atoms. The second kappa shape index (κ2) is 5.75. The van der Waals surface area contributed by atoms with Gasteiger partial charge in [-0.2, -0.15) is 0 Å². The summed E-state index contributed by atoms with van der Waals surface area (Å²) >= 11 is 0. The fourth-order valence-corrected chi connectivity index (χ4v) is 9.95. The molecule has 0 aromatic rings. The Morgan fingerprint density at radius 1 is 0.333 bits per heavy atom. The van der Waals surface area contributed by atoms with Crippen LogP contribution in [-0.2, 0) is 0 Å². The van der Waals surface area contributed by atoms with Crippen LogP contribution >= 0.6 is 0 Å². The van der Waals surface area contributed by atoms with Gasteiger partial charge in [-0.15, -0.1) is 0 Å². The molecule has 0 N–H and O–H groups in total. The van der Waals surface area contributed by atoms with E-state index in [9.17, 15) is 0 Å². The van der Waals surface area contributed by atoms with Gasteiger partial charge in [0.1, 0.15) is 0 Å². The van der Waals surface area contributed by atoms with E-state index in [4.69, 9.17) is 0 Å². The molecule has 0 aliphatic heterocycles. The smallest absolute Gasteiger partial charge is 0.0321 e. The van der Waals surface area contributed by atoms with E-state index in [1.165, 1.54) is 41.4 Å². The van der Waals surface area contributed by atoms with Gasteiger partial charge in [-0.05, 0) is 104 Å². The van der Waals surface area contributed by atoms with Crippen molar-refractivity contribution in [2.45, 2.75) is 89.9 Å². The van der Waals surface area contributed by atoms with Crippen LogP contribution in [0.2, 0.25) is 0 Å². The summed E-state index contributed by atoms with van der Waals surface area (Å²) in [7, 11) is 0. The van der Waals surface area contributed by atoms with Crippen LogP contribution in [0.4, 0.5) is 0 Å². The van der Waals surface area contributed by atoms with E-state index in [-0.39, 0.29) is 0 Å². The molecular weight excluding hydrogens is 288 g/mol. The fraction of sp³-hybridized carbons (Fsp3) is 1.00. The van der Waals surface area contributed by atoms with Gasteiger partial charge in [0.2, 0.25) is 0 Å². The molecule has 0 radical (unpaired) electrons. The van der Waals surface area contributed by atoms with Crippen molar-refractivity contribution in [2.24, 2.45) is 59.2 Å². The van der Waals surface area contributed by atoms with Gasteiger partial charge in [0, 0.05) is 0 Å². The largest absolute Gasteiger partial charge is 0.0530 e. The Balaban J connectivity index is 1.32. The van der Waals surface area contributed by atoms with Crippen molar-refractivity contribution in [3.63, 3.8) is 0 Å². The first-order chi connectivity index (χ1) is 11.9. The van der Waals surface area contributed by atoms with Gasteiger partial charge in [0.15, 0.2) is 0 Å². The molecule has 0 nitrogen and oxygen atoms in total. The lowest BCUT2D eigenvalue weighted by molar-refractivity contribution is -0.0602. The summed E-state index contributed by atoms with van der Waals surface area (Å²) in [5, 5.41) is 0. The minimum Gasteiger partial charge on any atom is -0.0530 e. The van der Waals surface area contributed by atoms with Crippen molar-refractivity contribution in [3.8, 4) is 0 Å². The average molecular weight is 327 g/mol. The van der Waals surface area contributed by atoms with E-state index in [0.717, 1.165) is 17.8 Å². The van der Waals surface area contributed by atoms with Gasteiger partial charge in [0.25, 0.3) is 0 Å². The fourth-order valence-electron chi connectivity index (χ4n) is 9.95. The first-order valence-corrected chi connectivity index (χ1v) is 11.9. The zero-order valence-corrected chi connectivity index (χ0v) is 15.7. The molecule has 0 heteroatoms. The summed E-state index contributed by atoms with van der Waals surface area (Å²) in [6.45, 7) is 0. The minimum absolute atomic E-state index is 1.15. The van der Waals surface area contributed by atoms with Crippen LogP contribution in [0.15, 0.2) is 0 Å². The van der Waals surface area contributed by atoms with Crippen LogP contribution in [0.25, 0.3) is 0 Å². The molecule has 0 heterocycles. The van der Waals surface area contributed by atoms with Crippen molar-refractivity contribution in [1.29, 1.82) is 0 Å². The third-order valence-corrected chi connectivity index (χ3v) is 10.5. The molecular formula is C24H38. The molecule has 6 aliphatic rings. The number of hydrogen-bond donors (Lipinski definition) is 0. The molecule has 24 heavy (non-hydrogen) atoms. The lowest BCUT2D eigenvalue weighted by atomic mass is 9.50. The van der Waals surface area contributed by atoms with E-state index >= 15 is 0 Å². The Kier molecular flexibility index (Phi) is 3.62. The third kappa shape index (κ3) is 2.10. The number of rotatable bonds is 0. The van der Waals surface area contributed by atoms with Crippen LogP contribution in [0, 0.1) is 59.2 Å². The first-order valence-electron chi connectivity index (χ1n) is 11.9. The van der Waals surface area contributed by atoms with E-state index in [2.05, 4.69) is 0 Å². The van der Waals surface area contributed by atoms with Gasteiger partial charge >= 0.3 is 0 Å². The van der Waals surface area contributed by atoms with Crippen molar-refractivity contribution >= 4 is 0 Å². The molecule has 0 saturated heterocycles. The topological polar surface area (TPSA) is 0 Å². The van der Waals surface area contributed by atoms with Gasteiger partial charge in [0.05, 0.1) is 0 Å². The van der Waals surface area contributed by atoms with E-state index < -0.39 is 0 Å². The van der Waals surface area contributed by atoms with Gasteiger partial charge < -0.3 is 0 Å². The zero-order valence-electron chi connectivity index (χ0n) is 15.7. The van der Waals surface area contributed by atoms with Crippen molar-refractivity contribution < 1.29 is 0 Å². The molecule has 0 aromatic heterocycles. The first kappa shape index (κ1) is 15.1. The van der Waals surface area contributed by atoms with Gasteiger partial charge in [-0.3, -0.25) is 0 Å². The molecule has 0 spiro atoms. The Morgan fingerprint density at radius 3 is 1.67 bits per heavy atom. The Bertz CT molecular complexity index is 480. The average Bonchev–Trinajstić information content (AvgIpc) is 2.96. The highest BCUT2D eigenvalue weighted by molar-refractivity contribution is 5.08. The summed E-state index contributed by atoms with van der Waals surface area (Å²) in [5.41, 5.74) is 0. The quantitative estimate of drug-likeness (QED) is 0.465. The van der Waals surface area contributed by atoms with Crippen molar-refractivity contribution in [3.05, 3.63) is 0 Å². The van der Waals surface area contributed by atoms with E-state index in [0.29, 0.717) is 0 Å². The van der Waals surface area contributed by atoms with Crippen LogP contribution in [-0.4, -0.2) is 0 Å². The van der Waals surface area contributed by atoms with Crippen LogP contribution < -0.4 is 0 Å². The standard InChI is InChI=1S/C24H38/c1-2-7-16-13-22-17(12-15(16)6-1)14-23-19-9-4-3-8-18(19)20-10-5-11-21(22)24(20)23/h15-24H,1-14H2. The predicted molar refractivity (Wildman–Crippen MR) is 99.5 cm³/mol. The second-order valence-electron chi connectivity index (χ2n) is 11.0. The van der Waals surface area contributed by atoms with Crippen molar-refractivity contribution in [2.75, 3.05) is 0 Å². The second-order valence-corrected chi connectivity index (χ2v) is 11.0. The highest BCUT2D eigenvalue weighted by Crippen LogP contribution is 2.67. The normalized spacial score (nSPS) is 59.0. The lowest BCUT2D eigenvalue weighted by Crippen LogP contribution is -2.47. The molecule has 6 aliphatic carbocycles. The SMILES string of the molecule is C1CCC2CC3C(CC2C1)CC1C2CCCCC2C2CCCC3C21. The number of hydrogen-bond acceptors (Lipinski definition) is 0. The Labute approximate surface area is 149 Å². The zero-order chi connectivity index (χ0) is 15.7. The molecule has 10 atom stereocenters. The van der Waals surface area contributed by atoms with Crippen LogP contribution in [0.3, 0.4) is 0 Å².